The van der Waals surface area contributed by atoms with Crippen LogP contribution < -0.4 is 4.74 Å². The van der Waals surface area contributed by atoms with Gasteiger partial charge in [-0.05, 0) is 49.2 Å². The predicted octanol–water partition coefficient (Wildman–Crippen LogP) is 3.85. The van der Waals surface area contributed by atoms with E-state index in [1.54, 1.807) is 18.1 Å². The summed E-state index contributed by atoms with van der Waals surface area (Å²) >= 11 is 0. The number of rotatable bonds is 4. The van der Waals surface area contributed by atoms with Crippen LogP contribution in [0.4, 0.5) is 0 Å². The highest BCUT2D eigenvalue weighted by Gasteiger charge is 2.29. The van der Waals surface area contributed by atoms with Crippen LogP contribution >= 0.6 is 0 Å². The predicted molar refractivity (Wildman–Crippen MR) is 110 cm³/mol. The molecule has 1 amide bonds. The molecule has 4 rings (SSSR count). The molecule has 6 nitrogen and oxygen atoms in total. The van der Waals surface area contributed by atoms with E-state index in [9.17, 15) is 14.7 Å². The van der Waals surface area contributed by atoms with Crippen molar-refractivity contribution in [1.82, 2.24) is 9.88 Å². The lowest BCUT2D eigenvalue weighted by Crippen LogP contribution is -2.42. The zero-order valence-electron chi connectivity index (χ0n) is 16.2. The van der Waals surface area contributed by atoms with Gasteiger partial charge in [-0.15, -0.1) is 0 Å². The van der Waals surface area contributed by atoms with E-state index >= 15 is 0 Å². The molecule has 1 fully saturated rings. The van der Waals surface area contributed by atoms with Crippen molar-refractivity contribution < 1.29 is 19.4 Å². The monoisotopic (exact) mass is 390 g/mol. The number of ether oxygens (including phenoxy) is 1. The Balaban J connectivity index is 1.76. The van der Waals surface area contributed by atoms with E-state index in [0.717, 1.165) is 22.2 Å². The lowest BCUT2D eigenvalue weighted by molar-refractivity contribution is -0.143. The van der Waals surface area contributed by atoms with Crippen molar-refractivity contribution >= 4 is 22.8 Å². The van der Waals surface area contributed by atoms with Crippen molar-refractivity contribution in [2.45, 2.75) is 12.8 Å². The fraction of sp³-hybridized carbons (Fsp3) is 0.261. The van der Waals surface area contributed by atoms with Gasteiger partial charge in [0, 0.05) is 24.0 Å². The van der Waals surface area contributed by atoms with Crippen LogP contribution in [0.1, 0.15) is 23.2 Å². The van der Waals surface area contributed by atoms with Gasteiger partial charge in [0.15, 0.2) is 0 Å². The number of piperidine rings is 1. The van der Waals surface area contributed by atoms with E-state index in [2.05, 4.69) is 0 Å². The number of aromatic nitrogens is 1. The van der Waals surface area contributed by atoms with Crippen molar-refractivity contribution in [3.8, 4) is 17.0 Å². The molecule has 29 heavy (non-hydrogen) atoms. The van der Waals surface area contributed by atoms with Gasteiger partial charge in [0.25, 0.3) is 5.91 Å². The Kier molecular flexibility index (Phi) is 5.16. The summed E-state index contributed by atoms with van der Waals surface area (Å²) in [5, 5.41) is 10.1. The third kappa shape index (κ3) is 3.78. The highest BCUT2D eigenvalue weighted by Crippen LogP contribution is 2.28. The molecule has 0 saturated carbocycles. The number of likely N-dealkylation sites (tertiary alicyclic amines) is 1. The number of methoxy groups -OCH3 is 1. The first-order valence-electron chi connectivity index (χ1n) is 9.63. The summed E-state index contributed by atoms with van der Waals surface area (Å²) < 4.78 is 5.22. The fourth-order valence-corrected chi connectivity index (χ4v) is 3.80. The van der Waals surface area contributed by atoms with Gasteiger partial charge in [-0.3, -0.25) is 9.59 Å². The molecule has 1 aliphatic heterocycles. The molecule has 3 aromatic rings. The van der Waals surface area contributed by atoms with Gasteiger partial charge in [0.2, 0.25) is 0 Å². The number of amides is 1. The molecule has 0 aliphatic carbocycles. The molecule has 1 unspecified atom stereocenters. The second-order valence-corrected chi connectivity index (χ2v) is 7.23. The summed E-state index contributed by atoms with van der Waals surface area (Å²) in [7, 11) is 1.61. The average Bonchev–Trinajstić information content (AvgIpc) is 2.78. The molecule has 0 bridgehead atoms. The number of pyridine rings is 1. The maximum atomic E-state index is 13.4. The van der Waals surface area contributed by atoms with Crippen molar-refractivity contribution in [2.75, 3.05) is 20.2 Å². The first kappa shape index (κ1) is 18.9. The number of carbonyl (C=O) groups is 2. The standard InChI is InChI=1S/C23H22N2O4/c1-29-17-10-8-15(9-11-17)21-13-19(18-6-2-3-7-20(18)24-21)22(26)25-12-4-5-16(14-25)23(27)28/h2-3,6-11,13,16H,4-5,12,14H2,1H3,(H,27,28). The van der Waals surface area contributed by atoms with Gasteiger partial charge in [0.05, 0.1) is 29.8 Å². The number of aliphatic carboxylic acids is 1. The van der Waals surface area contributed by atoms with E-state index in [0.29, 0.717) is 30.6 Å². The van der Waals surface area contributed by atoms with Gasteiger partial charge >= 0.3 is 5.97 Å². The van der Waals surface area contributed by atoms with Crippen LogP contribution in [0.3, 0.4) is 0 Å². The highest BCUT2D eigenvalue weighted by molar-refractivity contribution is 6.07. The van der Waals surface area contributed by atoms with Gasteiger partial charge in [-0.1, -0.05) is 18.2 Å². The first-order valence-corrected chi connectivity index (χ1v) is 9.63. The number of fused-ring (bicyclic) bond motifs is 1. The number of nitrogens with zero attached hydrogens (tertiary/aromatic N) is 2. The van der Waals surface area contributed by atoms with E-state index in [-0.39, 0.29) is 12.5 Å². The normalized spacial score (nSPS) is 16.6. The number of para-hydroxylation sites is 1. The average molecular weight is 390 g/mol. The number of carboxylic acids is 1. The van der Waals surface area contributed by atoms with Crippen LogP contribution in [0.15, 0.2) is 54.6 Å². The molecular formula is C23H22N2O4. The number of benzene rings is 2. The van der Waals surface area contributed by atoms with Crippen LogP contribution in [-0.4, -0.2) is 47.1 Å². The second-order valence-electron chi connectivity index (χ2n) is 7.23. The Morgan fingerprint density at radius 1 is 1.14 bits per heavy atom. The topological polar surface area (TPSA) is 79.7 Å². The SMILES string of the molecule is COc1ccc(-c2cc(C(=O)N3CCCC(C(=O)O)C3)c3ccccc3n2)cc1. The van der Waals surface area contributed by atoms with Gasteiger partial charge in [-0.25, -0.2) is 4.98 Å². The molecule has 6 heteroatoms. The summed E-state index contributed by atoms with van der Waals surface area (Å²) in [4.78, 5) is 31.1. The Hall–Kier alpha value is -3.41. The molecule has 2 heterocycles. The maximum absolute atomic E-state index is 13.4. The van der Waals surface area contributed by atoms with E-state index in [1.807, 2.05) is 48.5 Å². The van der Waals surface area contributed by atoms with Crippen LogP contribution in [0.25, 0.3) is 22.2 Å². The zero-order chi connectivity index (χ0) is 20.4. The summed E-state index contributed by atoms with van der Waals surface area (Å²) in [6.45, 7) is 0.805. The molecule has 0 radical (unpaired) electrons. The summed E-state index contributed by atoms with van der Waals surface area (Å²) in [5.41, 5.74) is 2.86. The quantitative estimate of drug-likeness (QED) is 0.732. The Morgan fingerprint density at radius 3 is 2.62 bits per heavy atom. The molecule has 148 valence electrons. The van der Waals surface area contributed by atoms with Crippen molar-refractivity contribution in [3.63, 3.8) is 0 Å². The molecule has 1 aromatic heterocycles. The van der Waals surface area contributed by atoms with E-state index in [4.69, 9.17) is 9.72 Å². The van der Waals surface area contributed by atoms with Crippen LogP contribution in [-0.2, 0) is 4.79 Å². The second kappa shape index (κ2) is 7.91. The smallest absolute Gasteiger partial charge is 0.308 e. The molecule has 0 spiro atoms. The maximum Gasteiger partial charge on any atom is 0.308 e. The fourth-order valence-electron chi connectivity index (χ4n) is 3.80. The minimum absolute atomic E-state index is 0.149. The molecule has 1 saturated heterocycles. The lowest BCUT2D eigenvalue weighted by Gasteiger charge is -2.31. The Bertz CT molecular complexity index is 1060. The molecule has 1 aliphatic rings. The highest BCUT2D eigenvalue weighted by atomic mass is 16.5. The van der Waals surface area contributed by atoms with E-state index < -0.39 is 11.9 Å². The molecular weight excluding hydrogens is 368 g/mol. The minimum Gasteiger partial charge on any atom is -0.497 e. The Labute approximate surface area is 168 Å². The third-order valence-corrected chi connectivity index (χ3v) is 5.39. The van der Waals surface area contributed by atoms with Gasteiger partial charge in [-0.2, -0.15) is 0 Å². The number of carboxylic acid groups (broad SMARTS) is 1. The minimum atomic E-state index is -0.846. The van der Waals surface area contributed by atoms with Crippen molar-refractivity contribution in [2.24, 2.45) is 5.92 Å². The first-order chi connectivity index (χ1) is 14.1. The summed E-state index contributed by atoms with van der Waals surface area (Å²) in [6.07, 6.45) is 1.30. The lowest BCUT2D eigenvalue weighted by atomic mass is 9.96. The molecule has 2 aromatic carbocycles. The molecule has 1 N–H and O–H groups in total. The van der Waals surface area contributed by atoms with Gasteiger partial charge in [0.1, 0.15) is 5.75 Å². The van der Waals surface area contributed by atoms with Crippen LogP contribution in [0.2, 0.25) is 0 Å². The van der Waals surface area contributed by atoms with Crippen molar-refractivity contribution in [1.29, 1.82) is 0 Å². The molecule has 1 atom stereocenters. The van der Waals surface area contributed by atoms with E-state index in [1.165, 1.54) is 0 Å². The van der Waals surface area contributed by atoms with Crippen LogP contribution in [0.5, 0.6) is 5.75 Å². The van der Waals surface area contributed by atoms with Gasteiger partial charge < -0.3 is 14.7 Å². The summed E-state index contributed by atoms with van der Waals surface area (Å²) in [6, 6.07) is 16.9. The third-order valence-electron chi connectivity index (χ3n) is 5.39. The Morgan fingerprint density at radius 2 is 1.90 bits per heavy atom. The number of hydrogen-bond acceptors (Lipinski definition) is 4. The zero-order valence-corrected chi connectivity index (χ0v) is 16.2. The van der Waals surface area contributed by atoms with Crippen LogP contribution in [0, 0.1) is 5.92 Å². The largest absolute Gasteiger partial charge is 0.497 e. The number of carbonyl (C=O) groups excluding carboxylic acids is 1. The summed E-state index contributed by atoms with van der Waals surface area (Å²) in [5.74, 6) is -0.758. The van der Waals surface area contributed by atoms with Crippen molar-refractivity contribution in [3.05, 3.63) is 60.2 Å². The number of hydrogen-bond donors (Lipinski definition) is 1.